The molecule has 3 fully saturated rings. The fourth-order valence-electron chi connectivity index (χ4n) is 3.40. The highest BCUT2D eigenvalue weighted by atomic mass is 16.5. The van der Waals surface area contributed by atoms with Crippen LogP contribution in [-0.4, -0.2) is 66.1 Å². The number of anilines is 1. The lowest BCUT2D eigenvalue weighted by molar-refractivity contribution is -0.127. The minimum Gasteiger partial charge on any atom is -0.379 e. The van der Waals surface area contributed by atoms with Crippen LogP contribution in [0.5, 0.6) is 0 Å². The molecule has 23 heavy (non-hydrogen) atoms. The second kappa shape index (κ2) is 6.59. The molecule has 0 radical (unpaired) electrons. The van der Waals surface area contributed by atoms with Gasteiger partial charge in [-0.15, -0.1) is 0 Å². The van der Waals surface area contributed by atoms with E-state index < -0.39 is 0 Å². The van der Waals surface area contributed by atoms with Crippen LogP contribution in [0, 0.1) is 0 Å². The lowest BCUT2D eigenvalue weighted by atomic mass is 10.1. The van der Waals surface area contributed by atoms with E-state index >= 15 is 0 Å². The zero-order chi connectivity index (χ0) is 15.6. The highest BCUT2D eigenvalue weighted by Crippen LogP contribution is 2.42. The molecule has 4 rings (SSSR count). The number of carbonyl (C=O) groups is 1. The standard InChI is InChI=1S/C16H24N4O3/c21-16(18-13-9-17-19-15(13)11-1-2-11)14-4-3-12(23-14)10-20-5-7-22-8-6-20/h9,11-12,14H,1-8,10H2,(H,17,19)(H,18,21)/t12-,14+/m1/s1. The molecule has 0 spiro atoms. The van der Waals surface area contributed by atoms with Crippen LogP contribution in [0.3, 0.4) is 0 Å². The van der Waals surface area contributed by atoms with Crippen molar-refractivity contribution in [1.29, 1.82) is 0 Å². The number of morpholine rings is 1. The number of hydrogen-bond donors (Lipinski definition) is 2. The fourth-order valence-corrected chi connectivity index (χ4v) is 3.40. The summed E-state index contributed by atoms with van der Waals surface area (Å²) in [5, 5.41) is 10.0. The molecular weight excluding hydrogens is 296 g/mol. The lowest BCUT2D eigenvalue weighted by Gasteiger charge is -2.28. The Morgan fingerprint density at radius 1 is 1.30 bits per heavy atom. The van der Waals surface area contributed by atoms with Crippen LogP contribution in [0.2, 0.25) is 0 Å². The normalized spacial score (nSPS) is 28.9. The fraction of sp³-hybridized carbons (Fsp3) is 0.750. The summed E-state index contributed by atoms with van der Waals surface area (Å²) in [5.41, 5.74) is 1.87. The number of carbonyl (C=O) groups excluding carboxylic acids is 1. The van der Waals surface area contributed by atoms with Gasteiger partial charge in [-0.1, -0.05) is 0 Å². The van der Waals surface area contributed by atoms with Gasteiger partial charge in [-0.05, 0) is 25.7 Å². The van der Waals surface area contributed by atoms with Gasteiger partial charge in [0.1, 0.15) is 6.10 Å². The van der Waals surface area contributed by atoms with E-state index in [2.05, 4.69) is 20.4 Å². The van der Waals surface area contributed by atoms with E-state index in [1.54, 1.807) is 6.20 Å². The summed E-state index contributed by atoms with van der Waals surface area (Å²) >= 11 is 0. The molecule has 2 N–H and O–H groups in total. The highest BCUT2D eigenvalue weighted by Gasteiger charge is 2.34. The minimum atomic E-state index is -0.344. The van der Waals surface area contributed by atoms with Crippen LogP contribution in [0.15, 0.2) is 6.20 Å². The monoisotopic (exact) mass is 320 g/mol. The number of H-pyrrole nitrogens is 1. The number of aromatic nitrogens is 2. The first-order valence-corrected chi connectivity index (χ1v) is 8.59. The topological polar surface area (TPSA) is 79.5 Å². The Hall–Kier alpha value is -1.44. The summed E-state index contributed by atoms with van der Waals surface area (Å²) < 4.78 is 11.3. The Morgan fingerprint density at radius 3 is 2.91 bits per heavy atom. The van der Waals surface area contributed by atoms with Gasteiger partial charge in [0.2, 0.25) is 0 Å². The summed E-state index contributed by atoms with van der Waals surface area (Å²) in [5.74, 6) is 0.490. The largest absolute Gasteiger partial charge is 0.379 e. The molecule has 1 saturated carbocycles. The van der Waals surface area contributed by atoms with Crippen molar-refractivity contribution >= 4 is 11.6 Å². The lowest BCUT2D eigenvalue weighted by Crippen LogP contribution is -2.41. The van der Waals surface area contributed by atoms with Gasteiger partial charge in [0, 0.05) is 25.6 Å². The first-order valence-electron chi connectivity index (χ1n) is 8.59. The van der Waals surface area contributed by atoms with Crippen LogP contribution >= 0.6 is 0 Å². The molecule has 126 valence electrons. The summed E-state index contributed by atoms with van der Waals surface area (Å²) in [6, 6.07) is 0. The molecule has 2 saturated heterocycles. The van der Waals surface area contributed by atoms with Gasteiger partial charge in [0.15, 0.2) is 0 Å². The SMILES string of the molecule is O=C(Nc1cn[nH]c1C1CC1)[C@@H]1CC[C@H](CN2CCOCC2)O1. The molecule has 0 bridgehead atoms. The first-order chi connectivity index (χ1) is 11.3. The molecule has 2 aliphatic heterocycles. The average Bonchev–Trinajstić information content (AvgIpc) is 3.12. The van der Waals surface area contributed by atoms with Crippen molar-refractivity contribution in [2.24, 2.45) is 0 Å². The Kier molecular flexibility index (Phi) is 4.33. The number of aromatic amines is 1. The molecular formula is C16H24N4O3. The summed E-state index contributed by atoms with van der Waals surface area (Å²) in [4.78, 5) is 14.8. The van der Waals surface area contributed by atoms with Gasteiger partial charge < -0.3 is 14.8 Å². The molecule has 7 nitrogen and oxygen atoms in total. The zero-order valence-corrected chi connectivity index (χ0v) is 13.3. The van der Waals surface area contributed by atoms with Crippen molar-refractivity contribution in [3.8, 4) is 0 Å². The van der Waals surface area contributed by atoms with Crippen molar-refractivity contribution in [3.63, 3.8) is 0 Å². The molecule has 1 amide bonds. The highest BCUT2D eigenvalue weighted by molar-refractivity contribution is 5.94. The van der Waals surface area contributed by atoms with Gasteiger partial charge in [-0.3, -0.25) is 14.8 Å². The first kappa shape index (κ1) is 15.1. The summed E-state index contributed by atoms with van der Waals surface area (Å²) in [6.45, 7) is 4.39. The second-order valence-corrected chi connectivity index (χ2v) is 6.70. The molecule has 1 aliphatic carbocycles. The van der Waals surface area contributed by atoms with Crippen LogP contribution in [0.25, 0.3) is 0 Å². The molecule has 2 atom stereocenters. The van der Waals surface area contributed by atoms with Crippen molar-refractivity contribution in [2.45, 2.75) is 43.8 Å². The third kappa shape index (κ3) is 3.57. The van der Waals surface area contributed by atoms with Crippen molar-refractivity contribution in [2.75, 3.05) is 38.2 Å². The summed E-state index contributed by atoms with van der Waals surface area (Å²) in [7, 11) is 0. The average molecular weight is 320 g/mol. The number of hydrogen-bond acceptors (Lipinski definition) is 5. The molecule has 0 aromatic carbocycles. The van der Waals surface area contributed by atoms with Gasteiger partial charge in [-0.25, -0.2) is 0 Å². The number of nitrogens with zero attached hydrogens (tertiary/aromatic N) is 2. The second-order valence-electron chi connectivity index (χ2n) is 6.70. The molecule has 1 aromatic rings. The number of rotatable bonds is 5. The van der Waals surface area contributed by atoms with Crippen LogP contribution in [0.1, 0.15) is 37.3 Å². The quantitative estimate of drug-likeness (QED) is 0.849. The smallest absolute Gasteiger partial charge is 0.253 e. The predicted molar refractivity (Wildman–Crippen MR) is 84.3 cm³/mol. The Morgan fingerprint density at radius 2 is 2.13 bits per heavy atom. The van der Waals surface area contributed by atoms with Gasteiger partial charge in [0.05, 0.1) is 36.9 Å². The van der Waals surface area contributed by atoms with E-state index in [1.807, 2.05) is 0 Å². The van der Waals surface area contributed by atoms with Crippen LogP contribution < -0.4 is 5.32 Å². The molecule has 3 heterocycles. The van der Waals surface area contributed by atoms with E-state index in [9.17, 15) is 4.79 Å². The maximum Gasteiger partial charge on any atom is 0.253 e. The number of ether oxygens (including phenoxy) is 2. The van der Waals surface area contributed by atoms with E-state index in [1.165, 1.54) is 12.8 Å². The molecule has 7 heteroatoms. The number of nitrogens with one attached hydrogen (secondary N) is 2. The third-order valence-corrected chi connectivity index (χ3v) is 4.88. The van der Waals surface area contributed by atoms with E-state index in [4.69, 9.17) is 9.47 Å². The Labute approximate surface area is 135 Å². The van der Waals surface area contributed by atoms with Crippen molar-refractivity contribution in [3.05, 3.63) is 11.9 Å². The zero-order valence-electron chi connectivity index (χ0n) is 13.3. The molecule has 0 unspecified atom stereocenters. The predicted octanol–water partition coefficient (Wildman–Crippen LogP) is 1.11. The maximum absolute atomic E-state index is 12.4. The van der Waals surface area contributed by atoms with Crippen LogP contribution in [-0.2, 0) is 14.3 Å². The summed E-state index contributed by atoms with van der Waals surface area (Å²) in [6.07, 6.45) is 5.58. The van der Waals surface area contributed by atoms with E-state index in [0.717, 1.165) is 57.1 Å². The Balaban J connectivity index is 1.28. The Bertz CT molecular complexity index is 551. The van der Waals surface area contributed by atoms with Crippen molar-refractivity contribution in [1.82, 2.24) is 15.1 Å². The molecule has 3 aliphatic rings. The van der Waals surface area contributed by atoms with Gasteiger partial charge in [-0.2, -0.15) is 5.10 Å². The van der Waals surface area contributed by atoms with Gasteiger partial charge in [0.25, 0.3) is 5.91 Å². The van der Waals surface area contributed by atoms with E-state index in [-0.39, 0.29) is 18.1 Å². The van der Waals surface area contributed by atoms with E-state index in [0.29, 0.717) is 5.92 Å². The minimum absolute atomic E-state index is 0.0437. The van der Waals surface area contributed by atoms with Crippen LogP contribution in [0.4, 0.5) is 5.69 Å². The molecule has 1 aromatic heterocycles. The van der Waals surface area contributed by atoms with Crippen molar-refractivity contribution < 1.29 is 14.3 Å². The third-order valence-electron chi connectivity index (χ3n) is 4.88. The maximum atomic E-state index is 12.4. The van der Waals surface area contributed by atoms with Gasteiger partial charge >= 0.3 is 0 Å². The number of amides is 1.